The second-order valence-electron chi connectivity index (χ2n) is 3.57. The molecule has 1 heterocycles. The third kappa shape index (κ3) is 3.24. The van der Waals surface area contributed by atoms with Gasteiger partial charge in [-0.1, -0.05) is 5.16 Å². The van der Waals surface area contributed by atoms with Crippen molar-refractivity contribution < 1.29 is 9.26 Å². The highest BCUT2D eigenvalue weighted by atomic mass is 32.2. The van der Waals surface area contributed by atoms with Crippen molar-refractivity contribution >= 4 is 17.8 Å². The molecule has 0 spiro atoms. The van der Waals surface area contributed by atoms with Crippen molar-refractivity contribution in [2.75, 3.05) is 31.8 Å². The van der Waals surface area contributed by atoms with Crippen LogP contribution in [0.15, 0.2) is 33.7 Å². The molecule has 0 fully saturated rings. The normalized spacial score (nSPS) is 10.6. The summed E-state index contributed by atoms with van der Waals surface area (Å²) in [5, 5.41) is 6.91. The summed E-state index contributed by atoms with van der Waals surface area (Å²) in [4.78, 5) is 5.47. The Labute approximate surface area is 110 Å². The first-order valence-corrected chi connectivity index (χ1v) is 6.77. The van der Waals surface area contributed by atoms with Gasteiger partial charge >= 0.3 is 6.01 Å². The molecule has 0 aliphatic rings. The second kappa shape index (κ2) is 6.42. The Morgan fingerprint density at radius 2 is 2.11 bits per heavy atom. The number of aromatic nitrogens is 2. The average Bonchev–Trinajstić information content (AvgIpc) is 2.88. The number of hydrogen-bond acceptors (Lipinski definition) is 6. The van der Waals surface area contributed by atoms with Crippen molar-refractivity contribution in [3.05, 3.63) is 24.3 Å². The number of anilines is 1. The van der Waals surface area contributed by atoms with E-state index in [1.807, 2.05) is 30.5 Å². The summed E-state index contributed by atoms with van der Waals surface area (Å²) >= 11 is 1.70. The highest BCUT2D eigenvalue weighted by Gasteiger charge is 2.07. The first-order chi connectivity index (χ1) is 8.83. The lowest BCUT2D eigenvalue weighted by atomic mass is 10.2. The van der Waals surface area contributed by atoms with E-state index in [1.54, 1.807) is 18.9 Å². The molecule has 0 aliphatic carbocycles. The Hall–Kier alpha value is -1.53. The molecule has 0 amide bonds. The number of nitrogens with one attached hydrogen (secondary N) is 1. The molecule has 0 unspecified atom stereocenters. The molecule has 0 bridgehead atoms. The van der Waals surface area contributed by atoms with Crippen LogP contribution in [0.5, 0.6) is 0 Å². The number of nitrogens with zero attached hydrogens (tertiary/aromatic N) is 2. The van der Waals surface area contributed by atoms with Crippen LogP contribution in [0.2, 0.25) is 0 Å². The molecular weight excluding hydrogens is 250 g/mol. The minimum absolute atomic E-state index is 0.413. The predicted molar refractivity (Wildman–Crippen MR) is 71.9 cm³/mol. The molecule has 0 aliphatic heterocycles. The topological polar surface area (TPSA) is 60.2 Å². The first kappa shape index (κ1) is 12.9. The maximum atomic E-state index is 5.09. The minimum Gasteiger partial charge on any atom is -0.383 e. The maximum Gasteiger partial charge on any atom is 0.321 e. The molecule has 96 valence electrons. The standard InChI is InChI=1S/C12H15N3O2S/c1-16-8-7-13-12-14-11(15-17-12)9-3-5-10(18-2)6-4-9/h3-6H,7-8H2,1-2H3,(H,13,14,15). The van der Waals surface area contributed by atoms with Crippen LogP contribution in [0.1, 0.15) is 0 Å². The maximum absolute atomic E-state index is 5.09. The number of methoxy groups -OCH3 is 1. The van der Waals surface area contributed by atoms with Crippen LogP contribution in [0, 0.1) is 0 Å². The summed E-state index contributed by atoms with van der Waals surface area (Å²) in [6.07, 6.45) is 2.04. The Balaban J connectivity index is 2.04. The summed E-state index contributed by atoms with van der Waals surface area (Å²) in [6.45, 7) is 1.24. The van der Waals surface area contributed by atoms with Gasteiger partial charge in [-0.3, -0.25) is 0 Å². The molecule has 1 N–H and O–H groups in total. The van der Waals surface area contributed by atoms with Crippen LogP contribution in [-0.4, -0.2) is 36.7 Å². The van der Waals surface area contributed by atoms with Gasteiger partial charge in [0.25, 0.3) is 0 Å². The van der Waals surface area contributed by atoms with Crippen molar-refractivity contribution in [3.63, 3.8) is 0 Å². The van der Waals surface area contributed by atoms with E-state index in [2.05, 4.69) is 15.5 Å². The van der Waals surface area contributed by atoms with Crippen molar-refractivity contribution in [1.82, 2.24) is 10.1 Å². The van der Waals surface area contributed by atoms with E-state index < -0.39 is 0 Å². The van der Waals surface area contributed by atoms with E-state index in [0.717, 1.165) is 5.56 Å². The van der Waals surface area contributed by atoms with Crippen molar-refractivity contribution in [2.45, 2.75) is 4.90 Å². The third-order valence-electron chi connectivity index (χ3n) is 2.36. The lowest BCUT2D eigenvalue weighted by Crippen LogP contribution is -2.07. The first-order valence-electron chi connectivity index (χ1n) is 5.54. The van der Waals surface area contributed by atoms with E-state index >= 15 is 0 Å². The number of ether oxygens (including phenoxy) is 1. The zero-order chi connectivity index (χ0) is 12.8. The molecule has 1 aromatic heterocycles. The minimum atomic E-state index is 0.413. The average molecular weight is 265 g/mol. The lowest BCUT2D eigenvalue weighted by molar-refractivity contribution is 0.210. The smallest absolute Gasteiger partial charge is 0.321 e. The predicted octanol–water partition coefficient (Wildman–Crippen LogP) is 2.52. The molecular formula is C12H15N3O2S. The molecule has 0 saturated heterocycles. The Bertz CT molecular complexity index is 484. The SMILES string of the molecule is COCCNc1nc(-c2ccc(SC)cc2)no1. The van der Waals surface area contributed by atoms with E-state index in [1.165, 1.54) is 4.90 Å². The highest BCUT2D eigenvalue weighted by Crippen LogP contribution is 2.21. The molecule has 0 radical (unpaired) electrons. The number of rotatable bonds is 6. The lowest BCUT2D eigenvalue weighted by Gasteiger charge is -1.98. The number of benzene rings is 1. The van der Waals surface area contributed by atoms with Crippen molar-refractivity contribution in [1.29, 1.82) is 0 Å². The molecule has 18 heavy (non-hydrogen) atoms. The summed E-state index contributed by atoms with van der Waals surface area (Å²) in [7, 11) is 1.65. The van der Waals surface area contributed by atoms with Crippen LogP contribution in [-0.2, 0) is 4.74 Å². The number of hydrogen-bond donors (Lipinski definition) is 1. The van der Waals surface area contributed by atoms with Gasteiger partial charge in [-0.2, -0.15) is 4.98 Å². The van der Waals surface area contributed by atoms with Gasteiger partial charge in [-0.05, 0) is 30.5 Å². The van der Waals surface area contributed by atoms with E-state index in [0.29, 0.717) is 25.0 Å². The summed E-state index contributed by atoms with van der Waals surface area (Å²) in [6, 6.07) is 8.45. The van der Waals surface area contributed by atoms with E-state index in [-0.39, 0.29) is 0 Å². The van der Waals surface area contributed by atoms with Gasteiger partial charge in [0.05, 0.1) is 6.61 Å². The Kier molecular flexibility index (Phi) is 4.60. The van der Waals surface area contributed by atoms with Crippen LogP contribution in [0.4, 0.5) is 6.01 Å². The van der Waals surface area contributed by atoms with Gasteiger partial charge in [0.1, 0.15) is 0 Å². The fourth-order valence-corrected chi connectivity index (χ4v) is 1.82. The summed E-state index contributed by atoms with van der Waals surface area (Å²) < 4.78 is 10.0. The molecule has 2 rings (SSSR count). The molecule has 0 saturated carbocycles. The van der Waals surface area contributed by atoms with Gasteiger partial charge < -0.3 is 14.6 Å². The fourth-order valence-electron chi connectivity index (χ4n) is 1.41. The monoisotopic (exact) mass is 265 g/mol. The molecule has 1 aromatic carbocycles. The summed E-state index contributed by atoms with van der Waals surface area (Å²) in [5.41, 5.74) is 0.941. The zero-order valence-corrected chi connectivity index (χ0v) is 11.2. The number of thioether (sulfide) groups is 1. The van der Waals surface area contributed by atoms with Crippen molar-refractivity contribution in [2.24, 2.45) is 0 Å². The van der Waals surface area contributed by atoms with Gasteiger partial charge in [0.2, 0.25) is 5.82 Å². The zero-order valence-electron chi connectivity index (χ0n) is 10.3. The quantitative estimate of drug-likeness (QED) is 0.639. The van der Waals surface area contributed by atoms with Crippen molar-refractivity contribution in [3.8, 4) is 11.4 Å². The largest absolute Gasteiger partial charge is 0.383 e. The van der Waals surface area contributed by atoms with E-state index in [4.69, 9.17) is 9.26 Å². The molecule has 0 atom stereocenters. The van der Waals surface area contributed by atoms with Crippen LogP contribution < -0.4 is 5.32 Å². The molecule has 5 nitrogen and oxygen atoms in total. The van der Waals surface area contributed by atoms with Crippen LogP contribution >= 0.6 is 11.8 Å². The van der Waals surface area contributed by atoms with Crippen LogP contribution in [0.3, 0.4) is 0 Å². The fraction of sp³-hybridized carbons (Fsp3) is 0.333. The van der Waals surface area contributed by atoms with Crippen LogP contribution in [0.25, 0.3) is 11.4 Å². The Morgan fingerprint density at radius 3 is 2.78 bits per heavy atom. The van der Waals surface area contributed by atoms with Gasteiger partial charge in [-0.15, -0.1) is 11.8 Å². The van der Waals surface area contributed by atoms with E-state index in [9.17, 15) is 0 Å². The second-order valence-corrected chi connectivity index (χ2v) is 4.45. The molecule has 6 heteroatoms. The Morgan fingerprint density at radius 1 is 1.33 bits per heavy atom. The summed E-state index contributed by atoms with van der Waals surface area (Å²) in [5.74, 6) is 0.586. The third-order valence-corrected chi connectivity index (χ3v) is 3.10. The molecule has 2 aromatic rings. The van der Waals surface area contributed by atoms with Gasteiger partial charge in [0.15, 0.2) is 0 Å². The highest BCUT2D eigenvalue weighted by molar-refractivity contribution is 7.98. The van der Waals surface area contributed by atoms with Gasteiger partial charge in [0, 0.05) is 24.1 Å². The van der Waals surface area contributed by atoms with Gasteiger partial charge in [-0.25, -0.2) is 0 Å².